The van der Waals surface area contributed by atoms with E-state index in [-0.39, 0.29) is 24.7 Å². The molecule has 0 saturated carbocycles. The predicted molar refractivity (Wildman–Crippen MR) is 116 cm³/mol. The summed E-state index contributed by atoms with van der Waals surface area (Å²) in [6.45, 7) is 0.179. The summed E-state index contributed by atoms with van der Waals surface area (Å²) in [5.41, 5.74) is 4.34. The Morgan fingerprint density at radius 3 is 2.10 bits per heavy atom. The van der Waals surface area contributed by atoms with Gasteiger partial charge < -0.3 is 20.1 Å². The average molecular weight is 411 g/mol. The minimum absolute atomic E-state index is 0.0501. The molecule has 0 bridgehead atoms. The first-order valence-electron chi connectivity index (χ1n) is 9.35. The summed E-state index contributed by atoms with van der Waals surface area (Å²) in [5, 5.41) is 29.2. The molecule has 3 aromatic carbocycles. The number of para-hydroxylation sites is 1. The van der Waals surface area contributed by atoms with E-state index < -0.39 is 0 Å². The fourth-order valence-electron chi connectivity index (χ4n) is 3.23. The SMILES string of the molecule is OCCOc1ccc(C(=C(CCCl)c2ccc(O)cc2)c2ccccc2O)cc1. The van der Waals surface area contributed by atoms with E-state index in [0.29, 0.717) is 23.6 Å². The maximum Gasteiger partial charge on any atom is 0.123 e. The fourth-order valence-corrected chi connectivity index (χ4v) is 3.42. The molecule has 0 heterocycles. The molecule has 0 aliphatic rings. The van der Waals surface area contributed by atoms with Gasteiger partial charge in [0.15, 0.2) is 0 Å². The number of alkyl halides is 1. The summed E-state index contributed by atoms with van der Waals surface area (Å²) in [6, 6.07) is 21.7. The number of aliphatic hydroxyl groups is 1. The van der Waals surface area contributed by atoms with E-state index in [4.69, 9.17) is 21.4 Å². The number of aliphatic hydroxyl groups excluding tert-OH is 1. The van der Waals surface area contributed by atoms with Crippen molar-refractivity contribution in [1.82, 2.24) is 0 Å². The van der Waals surface area contributed by atoms with E-state index in [1.165, 1.54) is 0 Å². The molecule has 0 aromatic heterocycles. The van der Waals surface area contributed by atoms with Gasteiger partial charge in [0.05, 0.1) is 6.61 Å². The molecule has 3 aromatic rings. The smallest absolute Gasteiger partial charge is 0.123 e. The third kappa shape index (κ3) is 5.11. The Kier molecular flexibility index (Phi) is 7.17. The van der Waals surface area contributed by atoms with Crippen molar-refractivity contribution >= 4 is 22.7 Å². The van der Waals surface area contributed by atoms with Crippen LogP contribution in [0.1, 0.15) is 23.1 Å². The van der Waals surface area contributed by atoms with Crippen LogP contribution in [0.2, 0.25) is 0 Å². The second kappa shape index (κ2) is 10.0. The molecular weight excluding hydrogens is 388 g/mol. The van der Waals surface area contributed by atoms with Gasteiger partial charge in [-0.05, 0) is 59.0 Å². The molecule has 0 amide bonds. The van der Waals surface area contributed by atoms with Crippen LogP contribution in [-0.4, -0.2) is 34.4 Å². The Bertz CT molecular complexity index is 963. The molecule has 0 spiro atoms. The van der Waals surface area contributed by atoms with Gasteiger partial charge in [-0.3, -0.25) is 0 Å². The summed E-state index contributed by atoms with van der Waals surface area (Å²) in [4.78, 5) is 0. The van der Waals surface area contributed by atoms with Crippen LogP contribution in [0.3, 0.4) is 0 Å². The van der Waals surface area contributed by atoms with Crippen molar-refractivity contribution in [2.75, 3.05) is 19.1 Å². The third-order valence-electron chi connectivity index (χ3n) is 4.54. The number of allylic oxidation sites excluding steroid dienone is 1. The van der Waals surface area contributed by atoms with E-state index in [2.05, 4.69) is 0 Å². The van der Waals surface area contributed by atoms with E-state index in [1.54, 1.807) is 24.3 Å². The van der Waals surface area contributed by atoms with Crippen LogP contribution in [0.4, 0.5) is 0 Å². The van der Waals surface area contributed by atoms with E-state index in [0.717, 1.165) is 22.3 Å². The van der Waals surface area contributed by atoms with Crippen LogP contribution in [0, 0.1) is 0 Å². The van der Waals surface area contributed by atoms with Crippen molar-refractivity contribution in [3.8, 4) is 17.2 Å². The summed E-state index contributed by atoms with van der Waals surface area (Å²) >= 11 is 6.13. The van der Waals surface area contributed by atoms with Crippen LogP contribution >= 0.6 is 11.6 Å². The first kappa shape index (κ1) is 20.8. The van der Waals surface area contributed by atoms with Crippen molar-refractivity contribution in [2.45, 2.75) is 6.42 Å². The first-order valence-corrected chi connectivity index (χ1v) is 9.88. The second-order valence-corrected chi connectivity index (χ2v) is 6.83. The quantitative estimate of drug-likeness (QED) is 0.358. The highest BCUT2D eigenvalue weighted by molar-refractivity contribution is 6.18. The molecule has 29 heavy (non-hydrogen) atoms. The van der Waals surface area contributed by atoms with Crippen LogP contribution in [0.15, 0.2) is 72.8 Å². The number of rotatable bonds is 8. The molecule has 4 nitrogen and oxygen atoms in total. The summed E-state index contributed by atoms with van der Waals surface area (Å²) < 4.78 is 5.46. The summed E-state index contributed by atoms with van der Waals surface area (Å²) in [5.74, 6) is 1.43. The molecule has 0 atom stereocenters. The number of hydrogen-bond donors (Lipinski definition) is 3. The lowest BCUT2D eigenvalue weighted by Gasteiger charge is -2.18. The molecule has 5 heteroatoms. The van der Waals surface area contributed by atoms with Crippen LogP contribution < -0.4 is 4.74 Å². The van der Waals surface area contributed by atoms with Gasteiger partial charge >= 0.3 is 0 Å². The molecule has 0 aliphatic heterocycles. The van der Waals surface area contributed by atoms with E-state index >= 15 is 0 Å². The van der Waals surface area contributed by atoms with Crippen molar-refractivity contribution < 1.29 is 20.1 Å². The lowest BCUT2D eigenvalue weighted by Crippen LogP contribution is -2.02. The number of hydrogen-bond acceptors (Lipinski definition) is 4. The molecule has 0 fully saturated rings. The van der Waals surface area contributed by atoms with Gasteiger partial charge in [0, 0.05) is 11.4 Å². The molecule has 0 radical (unpaired) electrons. The zero-order chi connectivity index (χ0) is 20.6. The Hall–Kier alpha value is -2.95. The predicted octanol–water partition coefficient (Wildman–Crippen LogP) is 5.06. The third-order valence-corrected chi connectivity index (χ3v) is 4.73. The van der Waals surface area contributed by atoms with Gasteiger partial charge in [-0.15, -0.1) is 11.6 Å². The zero-order valence-corrected chi connectivity index (χ0v) is 16.6. The normalized spacial score (nSPS) is 11.8. The fraction of sp³-hybridized carbons (Fsp3) is 0.167. The van der Waals surface area contributed by atoms with Gasteiger partial charge in [-0.25, -0.2) is 0 Å². The van der Waals surface area contributed by atoms with Gasteiger partial charge in [0.1, 0.15) is 23.9 Å². The van der Waals surface area contributed by atoms with Gasteiger partial charge in [-0.2, -0.15) is 0 Å². The maximum atomic E-state index is 10.6. The highest BCUT2D eigenvalue weighted by Gasteiger charge is 2.17. The van der Waals surface area contributed by atoms with Gasteiger partial charge in [0.25, 0.3) is 0 Å². The van der Waals surface area contributed by atoms with Crippen molar-refractivity contribution in [2.24, 2.45) is 0 Å². The molecule has 0 saturated heterocycles. The van der Waals surface area contributed by atoms with E-state index in [1.807, 2.05) is 48.5 Å². The zero-order valence-electron chi connectivity index (χ0n) is 15.9. The molecular formula is C24H23ClO4. The lowest BCUT2D eigenvalue weighted by molar-refractivity contribution is 0.201. The van der Waals surface area contributed by atoms with Crippen molar-refractivity contribution in [1.29, 1.82) is 0 Å². The molecule has 150 valence electrons. The Balaban J connectivity index is 2.19. The number of halogens is 1. The summed E-state index contributed by atoms with van der Waals surface area (Å²) in [6.07, 6.45) is 0.582. The summed E-state index contributed by atoms with van der Waals surface area (Å²) in [7, 11) is 0. The Labute approximate surface area is 175 Å². The second-order valence-electron chi connectivity index (χ2n) is 6.45. The van der Waals surface area contributed by atoms with Gasteiger partial charge in [0.2, 0.25) is 0 Å². The minimum atomic E-state index is -0.0501. The van der Waals surface area contributed by atoms with Crippen molar-refractivity contribution in [3.05, 3.63) is 89.5 Å². The van der Waals surface area contributed by atoms with Crippen LogP contribution in [-0.2, 0) is 0 Å². The molecule has 3 rings (SSSR count). The Morgan fingerprint density at radius 1 is 0.828 bits per heavy atom. The largest absolute Gasteiger partial charge is 0.508 e. The number of benzene rings is 3. The minimum Gasteiger partial charge on any atom is -0.508 e. The molecule has 0 unspecified atom stereocenters. The number of ether oxygens (including phenoxy) is 1. The number of aromatic hydroxyl groups is 2. The standard InChI is InChI=1S/C24H23ClO4/c25-14-13-21(17-5-9-19(27)10-6-17)24(22-3-1-2-4-23(22)28)18-7-11-20(12-8-18)29-16-15-26/h1-12,26-28H,13-16H2. The van der Waals surface area contributed by atoms with Crippen LogP contribution in [0.25, 0.3) is 11.1 Å². The highest BCUT2D eigenvalue weighted by atomic mass is 35.5. The van der Waals surface area contributed by atoms with E-state index in [9.17, 15) is 10.2 Å². The highest BCUT2D eigenvalue weighted by Crippen LogP contribution is 2.39. The molecule has 3 N–H and O–H groups in total. The first-order chi connectivity index (χ1) is 14.1. The van der Waals surface area contributed by atoms with Crippen LogP contribution in [0.5, 0.6) is 17.2 Å². The monoisotopic (exact) mass is 410 g/mol. The Morgan fingerprint density at radius 2 is 1.48 bits per heavy atom. The van der Waals surface area contributed by atoms with Crippen molar-refractivity contribution in [3.63, 3.8) is 0 Å². The van der Waals surface area contributed by atoms with Gasteiger partial charge in [-0.1, -0.05) is 42.5 Å². The number of phenols is 2. The lowest BCUT2D eigenvalue weighted by atomic mass is 9.87. The molecule has 0 aliphatic carbocycles. The maximum absolute atomic E-state index is 10.6. The topological polar surface area (TPSA) is 69.9 Å². The average Bonchev–Trinajstić information content (AvgIpc) is 2.74. The number of phenolic OH excluding ortho intramolecular Hbond substituents is 2.